The molecule has 1 amide bonds. The summed E-state index contributed by atoms with van der Waals surface area (Å²) >= 11 is 0. The predicted molar refractivity (Wildman–Crippen MR) is 112 cm³/mol. The van der Waals surface area contributed by atoms with Gasteiger partial charge in [0.1, 0.15) is 5.75 Å². The molecule has 0 bridgehead atoms. The number of hydrogen-bond acceptors (Lipinski definition) is 3. The zero-order chi connectivity index (χ0) is 19.5. The highest BCUT2D eigenvalue weighted by molar-refractivity contribution is 6.02. The number of ether oxygens (including phenoxy) is 1. The number of hydrogen-bond donors (Lipinski definition) is 2. The van der Waals surface area contributed by atoms with Gasteiger partial charge in [-0.05, 0) is 53.4 Å². The molecule has 0 aliphatic rings. The lowest BCUT2D eigenvalue weighted by Crippen LogP contribution is -2.14. The number of amides is 1. The number of fused-ring (bicyclic) bond motifs is 1. The largest absolute Gasteiger partial charge is 0.497 e. The number of benzene rings is 3. The number of anilines is 1. The summed E-state index contributed by atoms with van der Waals surface area (Å²) < 4.78 is 5.24. The maximum Gasteiger partial charge on any atom is 0.230 e. The van der Waals surface area contributed by atoms with Gasteiger partial charge in [-0.2, -0.15) is 5.10 Å². The number of methoxy groups -OCH3 is 1. The summed E-state index contributed by atoms with van der Waals surface area (Å²) in [5.74, 6) is 1.27. The Morgan fingerprint density at radius 3 is 2.54 bits per heavy atom. The molecule has 0 saturated carbocycles. The van der Waals surface area contributed by atoms with Crippen LogP contribution in [0, 0.1) is 6.92 Å². The molecule has 3 aromatic carbocycles. The fourth-order valence-electron chi connectivity index (χ4n) is 3.31. The molecular weight excluding hydrogens is 350 g/mol. The molecule has 4 rings (SSSR count). The molecule has 1 aromatic heterocycles. The van der Waals surface area contributed by atoms with E-state index in [4.69, 9.17) is 4.74 Å². The van der Waals surface area contributed by atoms with Gasteiger partial charge in [0.15, 0.2) is 5.82 Å². The van der Waals surface area contributed by atoms with Gasteiger partial charge in [-0.1, -0.05) is 42.5 Å². The van der Waals surface area contributed by atoms with Crippen molar-refractivity contribution in [1.82, 2.24) is 10.2 Å². The fraction of sp³-hybridized carbons (Fsp3) is 0.130. The van der Waals surface area contributed by atoms with Gasteiger partial charge >= 0.3 is 0 Å². The monoisotopic (exact) mass is 371 g/mol. The van der Waals surface area contributed by atoms with E-state index < -0.39 is 0 Å². The van der Waals surface area contributed by atoms with Gasteiger partial charge in [-0.3, -0.25) is 9.89 Å². The van der Waals surface area contributed by atoms with Crippen molar-refractivity contribution >= 4 is 22.6 Å². The Labute approximate surface area is 163 Å². The number of carbonyl (C=O) groups excluding carboxylic acids is 1. The average molecular weight is 371 g/mol. The maximum atomic E-state index is 12.4. The molecule has 4 aromatic rings. The number of nitrogens with zero attached hydrogens (tertiary/aromatic N) is 1. The minimum atomic E-state index is -0.0915. The molecule has 0 fully saturated rings. The molecule has 1 heterocycles. The van der Waals surface area contributed by atoms with Crippen molar-refractivity contribution in [3.05, 3.63) is 77.9 Å². The molecule has 0 spiro atoms. The van der Waals surface area contributed by atoms with Gasteiger partial charge in [-0.25, -0.2) is 0 Å². The molecule has 0 unspecified atom stereocenters. The molecule has 2 N–H and O–H groups in total. The second-order valence-corrected chi connectivity index (χ2v) is 6.72. The highest BCUT2D eigenvalue weighted by Crippen LogP contribution is 2.31. The van der Waals surface area contributed by atoms with E-state index >= 15 is 0 Å². The number of rotatable bonds is 5. The van der Waals surface area contributed by atoms with Gasteiger partial charge in [0.25, 0.3) is 0 Å². The van der Waals surface area contributed by atoms with Gasteiger partial charge in [0, 0.05) is 5.39 Å². The number of aryl methyl sites for hydroxylation is 1. The predicted octanol–water partition coefficient (Wildman–Crippen LogP) is 4.73. The van der Waals surface area contributed by atoms with E-state index in [9.17, 15) is 4.79 Å². The third kappa shape index (κ3) is 3.60. The first-order valence-electron chi connectivity index (χ1n) is 9.11. The van der Waals surface area contributed by atoms with Crippen molar-refractivity contribution in [3.8, 4) is 16.9 Å². The smallest absolute Gasteiger partial charge is 0.230 e. The van der Waals surface area contributed by atoms with Crippen molar-refractivity contribution in [2.24, 2.45) is 0 Å². The zero-order valence-electron chi connectivity index (χ0n) is 15.8. The molecule has 0 aliphatic heterocycles. The number of H-pyrrole nitrogens is 1. The van der Waals surface area contributed by atoms with E-state index in [1.54, 1.807) is 7.11 Å². The van der Waals surface area contributed by atoms with Crippen molar-refractivity contribution in [2.45, 2.75) is 13.3 Å². The second-order valence-electron chi connectivity index (χ2n) is 6.72. The van der Waals surface area contributed by atoms with Crippen LogP contribution in [0.25, 0.3) is 22.0 Å². The zero-order valence-corrected chi connectivity index (χ0v) is 15.8. The Morgan fingerprint density at radius 1 is 1.07 bits per heavy atom. The van der Waals surface area contributed by atoms with Crippen LogP contribution in [-0.4, -0.2) is 23.2 Å². The lowest BCUT2D eigenvalue weighted by molar-refractivity contribution is -0.115. The molecule has 28 heavy (non-hydrogen) atoms. The lowest BCUT2D eigenvalue weighted by Gasteiger charge is -2.09. The first-order valence-corrected chi connectivity index (χ1v) is 9.11. The third-order valence-electron chi connectivity index (χ3n) is 4.77. The summed E-state index contributed by atoms with van der Waals surface area (Å²) in [5, 5.41) is 11.1. The quantitative estimate of drug-likeness (QED) is 0.533. The minimum Gasteiger partial charge on any atom is -0.497 e. The van der Waals surface area contributed by atoms with E-state index in [2.05, 4.69) is 34.6 Å². The van der Waals surface area contributed by atoms with Gasteiger partial charge in [-0.15, -0.1) is 0 Å². The van der Waals surface area contributed by atoms with Crippen molar-refractivity contribution < 1.29 is 9.53 Å². The number of nitrogens with one attached hydrogen (secondary N) is 2. The average Bonchev–Trinajstić information content (AvgIpc) is 3.09. The normalized spacial score (nSPS) is 10.8. The van der Waals surface area contributed by atoms with E-state index in [1.165, 1.54) is 0 Å². The van der Waals surface area contributed by atoms with Gasteiger partial charge in [0.05, 0.1) is 19.0 Å². The van der Waals surface area contributed by atoms with Crippen LogP contribution in [0.2, 0.25) is 0 Å². The molecule has 5 nitrogen and oxygen atoms in total. The van der Waals surface area contributed by atoms with E-state index in [0.29, 0.717) is 12.2 Å². The standard InChI is InChI=1S/C23H21N3O2/c1-15-12-21-20(14-19(15)17-8-10-18(28-2)11-9-17)23(26-25-21)24-22(27)13-16-6-4-3-5-7-16/h3-12,14H,13H2,1-2H3,(H2,24,25,26,27). The summed E-state index contributed by atoms with van der Waals surface area (Å²) in [4.78, 5) is 12.4. The first kappa shape index (κ1) is 17.8. The van der Waals surface area contributed by atoms with E-state index in [-0.39, 0.29) is 5.91 Å². The van der Waals surface area contributed by atoms with Crippen LogP contribution >= 0.6 is 0 Å². The number of carbonyl (C=O) groups is 1. The minimum absolute atomic E-state index is 0.0915. The molecular formula is C23H21N3O2. The molecule has 5 heteroatoms. The third-order valence-corrected chi connectivity index (χ3v) is 4.77. The summed E-state index contributed by atoms with van der Waals surface area (Å²) in [7, 11) is 1.65. The summed E-state index contributed by atoms with van der Waals surface area (Å²) in [6, 6.07) is 21.7. The molecule has 0 saturated heterocycles. The van der Waals surface area contributed by atoms with E-state index in [0.717, 1.165) is 38.9 Å². The second kappa shape index (κ2) is 7.56. The Morgan fingerprint density at radius 2 is 1.82 bits per heavy atom. The van der Waals surface area contributed by atoms with Crippen LogP contribution < -0.4 is 10.1 Å². The number of aromatic amines is 1. The highest BCUT2D eigenvalue weighted by atomic mass is 16.5. The van der Waals surface area contributed by atoms with Crippen LogP contribution in [0.4, 0.5) is 5.82 Å². The van der Waals surface area contributed by atoms with Gasteiger partial charge < -0.3 is 10.1 Å². The lowest BCUT2D eigenvalue weighted by atomic mass is 9.98. The van der Waals surface area contributed by atoms with Crippen molar-refractivity contribution in [2.75, 3.05) is 12.4 Å². The van der Waals surface area contributed by atoms with E-state index in [1.807, 2.05) is 54.6 Å². The summed E-state index contributed by atoms with van der Waals surface area (Å²) in [6.45, 7) is 2.06. The Kier molecular flexibility index (Phi) is 4.81. The van der Waals surface area contributed by atoms with Crippen molar-refractivity contribution in [1.29, 1.82) is 0 Å². The Hall–Kier alpha value is -3.60. The van der Waals surface area contributed by atoms with Crippen LogP contribution in [0.15, 0.2) is 66.7 Å². The fourth-order valence-corrected chi connectivity index (χ4v) is 3.31. The molecule has 0 aliphatic carbocycles. The Bertz CT molecular complexity index is 1120. The summed E-state index contributed by atoms with van der Waals surface area (Å²) in [6.07, 6.45) is 0.312. The highest BCUT2D eigenvalue weighted by Gasteiger charge is 2.13. The van der Waals surface area contributed by atoms with Gasteiger partial charge in [0.2, 0.25) is 5.91 Å². The SMILES string of the molecule is COc1ccc(-c2cc3c(NC(=O)Cc4ccccc4)n[nH]c3cc2C)cc1. The van der Waals surface area contributed by atoms with Crippen molar-refractivity contribution in [3.63, 3.8) is 0 Å². The van der Waals surface area contributed by atoms with Crippen LogP contribution in [-0.2, 0) is 11.2 Å². The Balaban J connectivity index is 1.63. The topological polar surface area (TPSA) is 67.0 Å². The molecule has 0 atom stereocenters. The van der Waals surface area contributed by atoms with Crippen LogP contribution in [0.3, 0.4) is 0 Å². The molecule has 140 valence electrons. The number of aromatic nitrogens is 2. The van der Waals surface area contributed by atoms with Crippen LogP contribution in [0.5, 0.6) is 5.75 Å². The molecule has 0 radical (unpaired) electrons. The summed E-state index contributed by atoms with van der Waals surface area (Å²) in [5.41, 5.74) is 5.17. The first-order chi connectivity index (χ1) is 13.6. The maximum absolute atomic E-state index is 12.4. The van der Waals surface area contributed by atoms with Crippen LogP contribution in [0.1, 0.15) is 11.1 Å².